The number of nitrogens with zero attached hydrogens (tertiary/aromatic N) is 1. The zero-order chi connectivity index (χ0) is 36.0. The maximum Gasteiger partial charge on any atom is 0.383 e. The van der Waals surface area contributed by atoms with Crippen molar-refractivity contribution >= 4 is 33.7 Å². The highest BCUT2D eigenvalue weighted by atomic mass is 32.2. The summed E-state index contributed by atoms with van der Waals surface area (Å²) >= 11 is 0. The van der Waals surface area contributed by atoms with Crippen molar-refractivity contribution in [2.24, 2.45) is 11.8 Å². The van der Waals surface area contributed by atoms with Gasteiger partial charge in [-0.2, -0.15) is 26.2 Å². The summed E-state index contributed by atoms with van der Waals surface area (Å²) < 4.78 is 60.9. The molecule has 12 nitrogen and oxygen atoms in total. The highest BCUT2D eigenvalue weighted by molar-refractivity contribution is 7.87. The number of alkyl halides is 2. The first kappa shape index (κ1) is 40.2. The average Bonchev–Trinajstić information content (AvgIpc) is 3.10. The van der Waals surface area contributed by atoms with E-state index >= 15 is 8.78 Å². The van der Waals surface area contributed by atoms with Crippen LogP contribution in [0.2, 0.25) is 0 Å². The Morgan fingerprint density at radius 3 is 2.22 bits per heavy atom. The lowest BCUT2D eigenvalue weighted by Crippen LogP contribution is -2.60. The SMILES string of the molecule is C=CC[C@H](NC(=O)[C@H](Cc1ccccc1)NS(=O)(=O)N1CCNCC1)C(=O)N[C@@H](CC1CCCCC1)C(=O)C(F)(F)C(=O)NC[C@@H](C)CC. The zero-order valence-corrected chi connectivity index (χ0v) is 29.3. The molecule has 49 heavy (non-hydrogen) atoms. The summed E-state index contributed by atoms with van der Waals surface area (Å²) in [5, 5.41) is 10.2. The number of benzene rings is 1. The third kappa shape index (κ3) is 12.2. The van der Waals surface area contributed by atoms with Crippen LogP contribution in [0.3, 0.4) is 0 Å². The van der Waals surface area contributed by atoms with Crippen molar-refractivity contribution in [3.05, 3.63) is 48.6 Å². The fourth-order valence-electron chi connectivity index (χ4n) is 5.96. The van der Waals surface area contributed by atoms with E-state index in [1.165, 1.54) is 10.4 Å². The van der Waals surface area contributed by atoms with Crippen molar-refractivity contribution in [2.75, 3.05) is 32.7 Å². The van der Waals surface area contributed by atoms with Crippen LogP contribution in [0.5, 0.6) is 0 Å². The summed E-state index contributed by atoms with van der Waals surface area (Å²) in [6.07, 6.45) is 5.77. The molecular formula is C34H52F2N6O6S. The number of rotatable bonds is 19. The average molecular weight is 711 g/mol. The Hall–Kier alpha value is -3.27. The van der Waals surface area contributed by atoms with E-state index < -0.39 is 57.8 Å². The highest BCUT2D eigenvalue weighted by Gasteiger charge is 2.51. The number of nitrogens with one attached hydrogen (secondary N) is 5. The van der Waals surface area contributed by atoms with Gasteiger partial charge in [-0.3, -0.25) is 19.2 Å². The predicted molar refractivity (Wildman–Crippen MR) is 183 cm³/mol. The van der Waals surface area contributed by atoms with Gasteiger partial charge in [0.15, 0.2) is 0 Å². The van der Waals surface area contributed by atoms with Crippen LogP contribution in [0.4, 0.5) is 8.78 Å². The largest absolute Gasteiger partial charge is 0.383 e. The van der Waals surface area contributed by atoms with Gasteiger partial charge in [0.05, 0.1) is 6.04 Å². The van der Waals surface area contributed by atoms with E-state index in [4.69, 9.17) is 0 Å². The van der Waals surface area contributed by atoms with E-state index in [0.717, 1.165) is 19.3 Å². The Bertz CT molecular complexity index is 1370. The molecule has 1 aliphatic carbocycles. The quantitative estimate of drug-likeness (QED) is 0.109. The third-order valence-electron chi connectivity index (χ3n) is 9.17. The van der Waals surface area contributed by atoms with Crippen molar-refractivity contribution < 1.29 is 36.4 Å². The molecule has 1 saturated heterocycles. The molecule has 15 heteroatoms. The van der Waals surface area contributed by atoms with Crippen LogP contribution in [0, 0.1) is 11.8 Å². The normalized spacial score (nSPS) is 18.8. The van der Waals surface area contributed by atoms with Crippen molar-refractivity contribution in [1.82, 2.24) is 30.3 Å². The van der Waals surface area contributed by atoms with Crippen molar-refractivity contribution in [3.63, 3.8) is 0 Å². The first-order chi connectivity index (χ1) is 23.3. The second kappa shape index (κ2) is 19.2. The first-order valence-corrected chi connectivity index (χ1v) is 18.7. The molecule has 5 N–H and O–H groups in total. The molecule has 0 radical (unpaired) electrons. The van der Waals surface area contributed by atoms with E-state index in [2.05, 4.69) is 32.6 Å². The standard InChI is InChI=1S/C34H52F2N6O6S/c1-4-12-27(39-32(45)29(22-26-15-10-7-11-16-26)41-49(47,48)42-19-17-37-18-20-42)31(44)40-28(21-25-13-8-6-9-14-25)30(43)34(35,36)33(46)38-23-24(3)5-2/h4,7,10-11,15-16,24-25,27-29,37,41H,1,5-6,8-9,12-14,17-23H2,2-3H3,(H,38,46)(H,39,45)(H,40,44)/t24-,27-,28-,29-/m0/s1. The lowest BCUT2D eigenvalue weighted by molar-refractivity contribution is -0.160. The van der Waals surface area contributed by atoms with Gasteiger partial charge >= 0.3 is 5.92 Å². The lowest BCUT2D eigenvalue weighted by Gasteiger charge is -2.30. The number of hydrogen-bond acceptors (Lipinski definition) is 7. The summed E-state index contributed by atoms with van der Waals surface area (Å²) in [6.45, 7) is 8.52. The smallest absolute Gasteiger partial charge is 0.350 e. The van der Waals surface area contributed by atoms with E-state index in [1.54, 1.807) is 37.3 Å². The monoisotopic (exact) mass is 710 g/mol. The minimum absolute atomic E-state index is 0.0339. The Labute approximate surface area is 288 Å². The molecule has 3 amide bonds. The van der Waals surface area contributed by atoms with E-state index in [1.807, 2.05) is 6.92 Å². The molecule has 0 spiro atoms. The van der Waals surface area contributed by atoms with Crippen LogP contribution in [0.1, 0.15) is 70.8 Å². The molecule has 1 aliphatic heterocycles. The van der Waals surface area contributed by atoms with Gasteiger partial charge in [-0.05, 0) is 36.7 Å². The molecule has 1 aromatic rings. The summed E-state index contributed by atoms with van der Waals surface area (Å²) in [7, 11) is -4.10. The van der Waals surface area contributed by atoms with Crippen LogP contribution in [0.25, 0.3) is 0 Å². The van der Waals surface area contributed by atoms with E-state index in [9.17, 15) is 27.6 Å². The van der Waals surface area contributed by atoms with Crippen LogP contribution in [-0.2, 0) is 35.8 Å². The molecule has 274 valence electrons. The number of Topliss-reactive ketones (excluding diaryl/α,β-unsaturated/α-hetero) is 1. The zero-order valence-electron chi connectivity index (χ0n) is 28.5. The number of piperazine rings is 1. The van der Waals surface area contributed by atoms with Crippen LogP contribution < -0.4 is 26.0 Å². The van der Waals surface area contributed by atoms with Crippen LogP contribution >= 0.6 is 0 Å². The number of ketones is 1. The fourth-order valence-corrected chi connectivity index (χ4v) is 7.32. The Morgan fingerprint density at radius 2 is 1.61 bits per heavy atom. The van der Waals surface area contributed by atoms with Gasteiger partial charge < -0.3 is 21.3 Å². The second-order valence-electron chi connectivity index (χ2n) is 13.1. The summed E-state index contributed by atoms with van der Waals surface area (Å²) in [6, 6.07) is 4.32. The van der Waals surface area contributed by atoms with Gasteiger partial charge in [-0.15, -0.1) is 6.58 Å². The van der Waals surface area contributed by atoms with Gasteiger partial charge in [0.1, 0.15) is 12.1 Å². The van der Waals surface area contributed by atoms with Gasteiger partial charge in [0, 0.05) is 32.7 Å². The summed E-state index contributed by atoms with van der Waals surface area (Å²) in [5.74, 6) is -9.80. The Morgan fingerprint density at radius 1 is 1.00 bits per heavy atom. The van der Waals surface area contributed by atoms with E-state index in [-0.39, 0.29) is 50.7 Å². The lowest BCUT2D eigenvalue weighted by atomic mass is 9.83. The molecule has 4 atom stereocenters. The van der Waals surface area contributed by atoms with Crippen LogP contribution in [-0.4, -0.2) is 93.0 Å². The molecule has 1 aromatic carbocycles. The Balaban J connectivity index is 1.82. The maximum absolute atomic E-state index is 15.3. The molecule has 2 fully saturated rings. The summed E-state index contributed by atoms with van der Waals surface area (Å²) in [5.41, 5.74) is 0.655. The number of carbonyl (C=O) groups is 4. The first-order valence-electron chi connectivity index (χ1n) is 17.2. The molecule has 0 bridgehead atoms. The predicted octanol–water partition coefficient (Wildman–Crippen LogP) is 2.22. The third-order valence-corrected chi connectivity index (χ3v) is 10.8. The van der Waals surface area contributed by atoms with Gasteiger partial charge in [-0.25, -0.2) is 0 Å². The van der Waals surface area contributed by atoms with Crippen LogP contribution in [0.15, 0.2) is 43.0 Å². The second-order valence-corrected chi connectivity index (χ2v) is 14.8. The number of hydrogen-bond donors (Lipinski definition) is 5. The highest BCUT2D eigenvalue weighted by Crippen LogP contribution is 2.29. The minimum atomic E-state index is -4.40. The number of amides is 3. The van der Waals surface area contributed by atoms with Crippen molar-refractivity contribution in [2.45, 2.75) is 95.7 Å². The fraction of sp³-hybridized carbons (Fsp3) is 0.647. The number of halogens is 2. The number of carbonyl (C=O) groups excluding carboxylic acids is 4. The molecule has 1 heterocycles. The molecular weight excluding hydrogens is 658 g/mol. The van der Waals surface area contributed by atoms with Crippen molar-refractivity contribution in [1.29, 1.82) is 0 Å². The maximum atomic E-state index is 15.3. The topological polar surface area (TPSA) is 166 Å². The molecule has 3 rings (SSSR count). The van der Waals surface area contributed by atoms with E-state index in [0.29, 0.717) is 37.9 Å². The molecule has 0 unspecified atom stereocenters. The molecule has 2 aliphatic rings. The summed E-state index contributed by atoms with van der Waals surface area (Å²) in [4.78, 5) is 53.2. The van der Waals surface area contributed by atoms with Gasteiger partial charge in [0.25, 0.3) is 16.1 Å². The van der Waals surface area contributed by atoms with Crippen molar-refractivity contribution in [3.8, 4) is 0 Å². The van der Waals surface area contributed by atoms with Gasteiger partial charge in [-0.1, -0.05) is 88.8 Å². The molecule has 0 aromatic heterocycles. The van der Waals surface area contributed by atoms with Gasteiger partial charge in [0.2, 0.25) is 17.6 Å². The molecule has 1 saturated carbocycles. The minimum Gasteiger partial charge on any atom is -0.350 e. The Kier molecular flexibility index (Phi) is 15.7.